The molecule has 0 saturated carbocycles. The highest BCUT2D eigenvalue weighted by Gasteiger charge is 2.04. The fraction of sp³-hybridized carbons (Fsp3) is 0.250. The number of hydrogen-bond donors (Lipinski definition) is 1. The maximum absolute atomic E-state index is 12.0. The van der Waals surface area contributed by atoms with Crippen LogP contribution < -0.4 is 14.8 Å². The molecule has 0 aliphatic carbocycles. The lowest BCUT2D eigenvalue weighted by Gasteiger charge is -2.10. The first-order valence-corrected chi connectivity index (χ1v) is 8.13. The third-order valence-electron chi connectivity index (χ3n) is 3.36. The van der Waals surface area contributed by atoms with Crippen molar-refractivity contribution in [3.63, 3.8) is 0 Å². The minimum absolute atomic E-state index is 0.160. The fourth-order valence-corrected chi connectivity index (χ4v) is 2.26. The maximum atomic E-state index is 12.0. The third-order valence-corrected chi connectivity index (χ3v) is 3.36. The van der Waals surface area contributed by atoms with Gasteiger partial charge in [-0.15, -0.1) is 0 Å². The van der Waals surface area contributed by atoms with Gasteiger partial charge in [-0.1, -0.05) is 36.4 Å². The standard InChI is InChI=1S/C20H23NO3/c1-3-23-18-11-7-5-9-16(18)13-14-20(22)21-15-17-10-6-8-12-19(17)24-4-2/h5-14H,3-4,15H2,1-2H3,(H,21,22). The Morgan fingerprint density at radius 2 is 1.58 bits per heavy atom. The van der Waals surface area contributed by atoms with Crippen molar-refractivity contribution >= 4 is 12.0 Å². The maximum Gasteiger partial charge on any atom is 0.244 e. The molecule has 0 saturated heterocycles. The molecule has 0 fully saturated rings. The lowest BCUT2D eigenvalue weighted by molar-refractivity contribution is -0.116. The average Bonchev–Trinajstić information content (AvgIpc) is 2.61. The molecule has 0 aliphatic rings. The van der Waals surface area contributed by atoms with Crippen molar-refractivity contribution in [3.05, 3.63) is 65.7 Å². The van der Waals surface area contributed by atoms with Crippen molar-refractivity contribution in [1.82, 2.24) is 5.32 Å². The number of amides is 1. The van der Waals surface area contributed by atoms with Gasteiger partial charge in [0.15, 0.2) is 0 Å². The Balaban J connectivity index is 1.97. The SMILES string of the molecule is CCOc1ccccc1C=CC(=O)NCc1ccccc1OCC. The molecular formula is C20H23NO3. The number of nitrogens with one attached hydrogen (secondary N) is 1. The normalized spacial score (nSPS) is 10.6. The van der Waals surface area contributed by atoms with Gasteiger partial charge in [-0.3, -0.25) is 4.79 Å². The molecule has 1 amide bonds. The highest BCUT2D eigenvalue weighted by molar-refractivity contribution is 5.92. The van der Waals surface area contributed by atoms with E-state index in [0.717, 1.165) is 22.6 Å². The Labute approximate surface area is 143 Å². The van der Waals surface area contributed by atoms with Gasteiger partial charge in [0, 0.05) is 23.7 Å². The van der Waals surface area contributed by atoms with Crippen LogP contribution in [0.15, 0.2) is 54.6 Å². The minimum atomic E-state index is -0.160. The van der Waals surface area contributed by atoms with Gasteiger partial charge in [0.25, 0.3) is 0 Å². The molecule has 126 valence electrons. The first kappa shape index (κ1) is 17.6. The molecule has 0 atom stereocenters. The average molecular weight is 325 g/mol. The van der Waals surface area contributed by atoms with Gasteiger partial charge < -0.3 is 14.8 Å². The molecule has 4 heteroatoms. The fourth-order valence-electron chi connectivity index (χ4n) is 2.26. The lowest BCUT2D eigenvalue weighted by Crippen LogP contribution is -2.20. The second kappa shape index (κ2) is 9.40. The number of rotatable bonds is 8. The number of para-hydroxylation sites is 2. The van der Waals surface area contributed by atoms with Crippen LogP contribution in [-0.2, 0) is 11.3 Å². The van der Waals surface area contributed by atoms with Gasteiger partial charge >= 0.3 is 0 Å². The van der Waals surface area contributed by atoms with E-state index in [1.165, 1.54) is 6.08 Å². The Morgan fingerprint density at radius 1 is 0.958 bits per heavy atom. The molecule has 24 heavy (non-hydrogen) atoms. The molecule has 0 heterocycles. The largest absolute Gasteiger partial charge is 0.494 e. The van der Waals surface area contributed by atoms with Crippen LogP contribution in [0.3, 0.4) is 0 Å². The topological polar surface area (TPSA) is 47.6 Å². The van der Waals surface area contributed by atoms with Gasteiger partial charge in [-0.05, 0) is 32.1 Å². The van der Waals surface area contributed by atoms with E-state index in [2.05, 4.69) is 5.32 Å². The Morgan fingerprint density at radius 3 is 2.33 bits per heavy atom. The highest BCUT2D eigenvalue weighted by atomic mass is 16.5. The number of hydrogen-bond acceptors (Lipinski definition) is 3. The summed E-state index contributed by atoms with van der Waals surface area (Å²) in [5.41, 5.74) is 1.83. The number of carbonyl (C=O) groups excluding carboxylic acids is 1. The molecule has 0 radical (unpaired) electrons. The van der Waals surface area contributed by atoms with E-state index < -0.39 is 0 Å². The van der Waals surface area contributed by atoms with E-state index in [0.29, 0.717) is 19.8 Å². The molecule has 0 aliphatic heterocycles. The van der Waals surface area contributed by atoms with Crippen LogP contribution >= 0.6 is 0 Å². The second-order valence-electron chi connectivity index (χ2n) is 5.06. The van der Waals surface area contributed by atoms with Gasteiger partial charge in [0.05, 0.1) is 13.2 Å². The smallest absolute Gasteiger partial charge is 0.244 e. The van der Waals surface area contributed by atoms with Crippen LogP contribution in [0.5, 0.6) is 11.5 Å². The summed E-state index contributed by atoms with van der Waals surface area (Å²) in [5, 5.41) is 2.87. The second-order valence-corrected chi connectivity index (χ2v) is 5.06. The molecule has 2 rings (SSSR count). The monoisotopic (exact) mass is 325 g/mol. The highest BCUT2D eigenvalue weighted by Crippen LogP contribution is 2.19. The van der Waals surface area contributed by atoms with Crippen LogP contribution in [0.2, 0.25) is 0 Å². The van der Waals surface area contributed by atoms with E-state index in [4.69, 9.17) is 9.47 Å². The Bertz CT molecular complexity index is 695. The van der Waals surface area contributed by atoms with Crippen molar-refractivity contribution in [2.75, 3.05) is 13.2 Å². The van der Waals surface area contributed by atoms with Crippen LogP contribution in [0, 0.1) is 0 Å². The van der Waals surface area contributed by atoms with E-state index in [1.54, 1.807) is 6.08 Å². The number of benzene rings is 2. The first-order chi connectivity index (χ1) is 11.7. The summed E-state index contributed by atoms with van der Waals surface area (Å²) in [7, 11) is 0. The van der Waals surface area contributed by atoms with Gasteiger partial charge in [-0.2, -0.15) is 0 Å². The predicted octanol–water partition coefficient (Wildman–Crippen LogP) is 3.81. The molecule has 0 unspecified atom stereocenters. The Hall–Kier alpha value is -2.75. The van der Waals surface area contributed by atoms with Crippen molar-refractivity contribution < 1.29 is 14.3 Å². The summed E-state index contributed by atoms with van der Waals surface area (Å²) < 4.78 is 11.1. The Kier molecular flexibility index (Phi) is 6.90. The summed E-state index contributed by atoms with van der Waals surface area (Å²) in [6, 6.07) is 15.3. The van der Waals surface area contributed by atoms with E-state index in [1.807, 2.05) is 62.4 Å². The molecule has 2 aromatic carbocycles. The van der Waals surface area contributed by atoms with E-state index in [-0.39, 0.29) is 5.91 Å². The summed E-state index contributed by atoms with van der Waals surface area (Å²) >= 11 is 0. The van der Waals surface area contributed by atoms with Crippen molar-refractivity contribution in [1.29, 1.82) is 0 Å². The molecule has 1 N–H and O–H groups in total. The zero-order valence-electron chi connectivity index (χ0n) is 14.1. The molecule has 0 bridgehead atoms. The summed E-state index contributed by atoms with van der Waals surface area (Å²) in [6.45, 7) is 5.48. The lowest BCUT2D eigenvalue weighted by atomic mass is 10.2. The van der Waals surface area contributed by atoms with Gasteiger partial charge in [-0.25, -0.2) is 0 Å². The predicted molar refractivity (Wildman–Crippen MR) is 96.1 cm³/mol. The number of carbonyl (C=O) groups is 1. The zero-order valence-corrected chi connectivity index (χ0v) is 14.1. The zero-order chi connectivity index (χ0) is 17.2. The van der Waals surface area contributed by atoms with Gasteiger partial charge in [0.1, 0.15) is 11.5 Å². The quantitative estimate of drug-likeness (QED) is 0.751. The van der Waals surface area contributed by atoms with E-state index in [9.17, 15) is 4.79 Å². The molecular weight excluding hydrogens is 302 g/mol. The third kappa shape index (κ3) is 5.16. The molecule has 2 aromatic rings. The van der Waals surface area contributed by atoms with Crippen LogP contribution in [0.25, 0.3) is 6.08 Å². The summed E-state index contributed by atoms with van der Waals surface area (Å²) in [4.78, 5) is 12.0. The minimum Gasteiger partial charge on any atom is -0.494 e. The van der Waals surface area contributed by atoms with Crippen molar-refractivity contribution in [2.45, 2.75) is 20.4 Å². The molecule has 4 nitrogen and oxygen atoms in total. The van der Waals surface area contributed by atoms with E-state index >= 15 is 0 Å². The summed E-state index contributed by atoms with van der Waals surface area (Å²) in [5.74, 6) is 1.41. The van der Waals surface area contributed by atoms with Crippen LogP contribution in [-0.4, -0.2) is 19.1 Å². The van der Waals surface area contributed by atoms with Crippen molar-refractivity contribution in [3.8, 4) is 11.5 Å². The van der Waals surface area contributed by atoms with Crippen molar-refractivity contribution in [2.24, 2.45) is 0 Å². The first-order valence-electron chi connectivity index (χ1n) is 8.13. The number of ether oxygens (including phenoxy) is 2. The summed E-state index contributed by atoms with van der Waals surface area (Å²) in [6.07, 6.45) is 3.27. The van der Waals surface area contributed by atoms with Crippen LogP contribution in [0.4, 0.5) is 0 Å². The molecule has 0 spiro atoms. The van der Waals surface area contributed by atoms with Crippen LogP contribution in [0.1, 0.15) is 25.0 Å². The van der Waals surface area contributed by atoms with Gasteiger partial charge in [0.2, 0.25) is 5.91 Å². The molecule has 0 aromatic heterocycles.